The molecule has 0 saturated heterocycles. The van der Waals surface area contributed by atoms with Crippen molar-refractivity contribution >= 4 is 32.1 Å². The smallest absolute Gasteiger partial charge is 0.311 e. The predicted octanol–water partition coefficient (Wildman–Crippen LogP) is 14.0. The molecule has 7 aromatic carbocycles. The molecule has 0 aliphatic carbocycles. The molecule has 0 aliphatic rings. The molecule has 0 fully saturated rings. The van der Waals surface area contributed by atoms with E-state index in [1.165, 1.54) is 44.8 Å². The Morgan fingerprint density at radius 3 is 1.12 bits per heavy atom. The molecule has 17 nitrogen and oxygen atoms in total. The number of benzene rings is 7. The normalized spacial score (nSPS) is 12.4. The SMILES string of the molecule is COc1ccc(C(OCC(COC(=O)CCC(=O)Oc2c(F)c(F)c(F)c(F)c2F)NC(=O)c2ccnc(-c3cc(C(=O)NC(COC(c4ccccc4)(c4ccc(OC)cc4)c4ccc(OC)cc4)CO[Si](C)(C)C(C)(C)C)ccn3)c2)(c2ccccc2)c2ccc(OC)cc2)cc1. The molecule has 2 N–H and O–H groups in total. The minimum absolute atomic E-state index is 0.0408. The monoisotopic (exact) mass is 1370 g/mol. The number of methoxy groups -OCH3 is 4. The Balaban J connectivity index is 1.00. The average Bonchev–Trinajstić information content (AvgIpc) is 0.767. The average molecular weight is 1380 g/mol. The molecule has 0 spiro atoms. The first-order valence-corrected chi connectivity index (χ1v) is 34.4. The van der Waals surface area contributed by atoms with Gasteiger partial charge in [-0.1, -0.05) is 130 Å². The van der Waals surface area contributed by atoms with Gasteiger partial charge in [0.15, 0.2) is 8.32 Å². The zero-order valence-electron chi connectivity index (χ0n) is 56.0. The molecule has 0 saturated carbocycles. The maximum atomic E-state index is 14.8. The molecule has 0 bridgehead atoms. The van der Waals surface area contributed by atoms with Gasteiger partial charge in [0.25, 0.3) is 11.8 Å². The molecular weight excluding hydrogens is 1300 g/mol. The van der Waals surface area contributed by atoms with Crippen molar-refractivity contribution in [3.05, 3.63) is 268 Å². The van der Waals surface area contributed by atoms with Crippen molar-refractivity contribution in [1.82, 2.24) is 20.6 Å². The number of amides is 2. The standard InChI is InChI=1S/C76H75F5N4O13Si/c1-74(2,3)99(8,9)97-47-57(46-96-76(51-18-14-11-15-19-51,54-24-32-60(92-6)33-25-54)55-26-34-61(93-7)35-27-55)85-73(89)49-39-41-83-63(43-49)62-42-48(38-40-82-62)72(88)84-56(44-94-64(86)36-37-65(87)98-71-69(80)67(78)66(77)68(79)70(71)81)45-95-75(50-16-12-10-13-17-50,52-20-28-58(90-4)29-21-52)53-22-30-59(91-5)31-23-53/h10-35,38-43,56-57H,36-37,44-47H2,1-9H3,(H,84,88)(H,85,89). The Morgan fingerprint density at radius 2 is 0.768 bits per heavy atom. The summed E-state index contributed by atoms with van der Waals surface area (Å²) in [7, 11) is 3.79. The van der Waals surface area contributed by atoms with Gasteiger partial charge in [-0.15, -0.1) is 0 Å². The van der Waals surface area contributed by atoms with Gasteiger partial charge in [-0.05, 0) is 124 Å². The summed E-state index contributed by atoms with van der Waals surface area (Å²) in [5, 5.41) is 5.91. The van der Waals surface area contributed by atoms with Gasteiger partial charge in [0.05, 0.1) is 84.6 Å². The first kappa shape index (κ1) is 72.9. The number of ether oxygens (including phenoxy) is 8. The van der Waals surface area contributed by atoms with Crippen LogP contribution in [0.5, 0.6) is 28.7 Å². The predicted molar refractivity (Wildman–Crippen MR) is 362 cm³/mol. The van der Waals surface area contributed by atoms with Gasteiger partial charge in [-0.2, -0.15) is 8.78 Å². The summed E-state index contributed by atoms with van der Waals surface area (Å²) in [6, 6.07) is 52.4. The maximum absolute atomic E-state index is 14.8. The number of esters is 2. The first-order chi connectivity index (χ1) is 47.4. The maximum Gasteiger partial charge on any atom is 0.311 e. The third-order valence-corrected chi connectivity index (χ3v) is 21.6. The third kappa shape index (κ3) is 17.0. The highest BCUT2D eigenvalue weighted by Crippen LogP contribution is 2.44. The molecule has 2 atom stereocenters. The van der Waals surface area contributed by atoms with E-state index in [0.717, 1.165) is 16.7 Å². The number of nitrogens with one attached hydrogen (secondary N) is 2. The highest BCUT2D eigenvalue weighted by Gasteiger charge is 2.42. The van der Waals surface area contributed by atoms with Gasteiger partial charge in [-0.3, -0.25) is 29.1 Å². The number of hydrogen-bond donors (Lipinski definition) is 2. The van der Waals surface area contributed by atoms with Crippen LogP contribution in [0.25, 0.3) is 11.4 Å². The van der Waals surface area contributed by atoms with Crippen LogP contribution in [-0.2, 0) is 39.4 Å². The summed E-state index contributed by atoms with van der Waals surface area (Å²) in [6.45, 7) is 9.65. The molecule has 0 aliphatic heterocycles. The quantitative estimate of drug-likeness (QED) is 0.00818. The number of aromatic nitrogens is 2. The van der Waals surface area contributed by atoms with Gasteiger partial charge in [-0.25, -0.2) is 13.2 Å². The Bertz CT molecular complexity index is 4120. The number of pyridine rings is 2. The lowest BCUT2D eigenvalue weighted by atomic mass is 9.80. The van der Waals surface area contributed by atoms with Crippen LogP contribution in [0.2, 0.25) is 18.1 Å². The second-order valence-corrected chi connectivity index (χ2v) is 29.3. The summed E-state index contributed by atoms with van der Waals surface area (Å²) in [4.78, 5) is 64.9. The number of rotatable bonds is 30. The lowest BCUT2D eigenvalue weighted by Gasteiger charge is -2.39. The van der Waals surface area contributed by atoms with Crippen LogP contribution in [-0.4, -0.2) is 109 Å². The van der Waals surface area contributed by atoms with Crippen molar-refractivity contribution in [3.63, 3.8) is 0 Å². The lowest BCUT2D eigenvalue weighted by molar-refractivity contribution is -0.148. The van der Waals surface area contributed by atoms with E-state index in [1.54, 1.807) is 44.6 Å². The Morgan fingerprint density at radius 1 is 0.434 bits per heavy atom. The summed E-state index contributed by atoms with van der Waals surface area (Å²) < 4.78 is 124. The summed E-state index contributed by atoms with van der Waals surface area (Å²) >= 11 is 0. The van der Waals surface area contributed by atoms with Crippen LogP contribution < -0.4 is 34.3 Å². The number of nitrogens with zero attached hydrogens (tertiary/aromatic N) is 2. The minimum Gasteiger partial charge on any atom is -0.497 e. The van der Waals surface area contributed by atoms with E-state index < -0.39 is 116 Å². The number of carbonyl (C=O) groups excluding carboxylic acids is 4. The molecular formula is C76H75F5N4O13Si. The number of hydrogen-bond acceptors (Lipinski definition) is 15. The van der Waals surface area contributed by atoms with Crippen molar-refractivity contribution in [1.29, 1.82) is 0 Å². The fourth-order valence-corrected chi connectivity index (χ4v) is 11.7. The molecule has 2 amide bonds. The highest BCUT2D eigenvalue weighted by atomic mass is 28.4. The van der Waals surface area contributed by atoms with Gasteiger partial charge in [0.1, 0.15) is 40.8 Å². The van der Waals surface area contributed by atoms with E-state index in [0.29, 0.717) is 39.7 Å². The highest BCUT2D eigenvalue weighted by molar-refractivity contribution is 6.74. The van der Waals surface area contributed by atoms with E-state index in [9.17, 15) is 41.1 Å². The van der Waals surface area contributed by atoms with Crippen LogP contribution in [0.1, 0.15) is 87.7 Å². The molecule has 9 rings (SSSR count). The van der Waals surface area contributed by atoms with Crippen molar-refractivity contribution in [3.8, 4) is 40.1 Å². The minimum atomic E-state index is -2.46. The van der Waals surface area contributed by atoms with Gasteiger partial charge < -0.3 is 53.0 Å². The Labute approximate surface area is 571 Å². The van der Waals surface area contributed by atoms with Crippen LogP contribution in [0.3, 0.4) is 0 Å². The van der Waals surface area contributed by atoms with Crippen LogP contribution >= 0.6 is 0 Å². The topological polar surface area (TPSA) is 201 Å². The second kappa shape index (κ2) is 32.4. The van der Waals surface area contributed by atoms with E-state index in [1.807, 2.05) is 133 Å². The molecule has 2 unspecified atom stereocenters. The van der Waals surface area contributed by atoms with E-state index in [-0.39, 0.29) is 40.8 Å². The Kier molecular flexibility index (Phi) is 23.8. The van der Waals surface area contributed by atoms with Crippen molar-refractivity contribution in [2.45, 2.75) is 75.0 Å². The molecule has 2 heterocycles. The number of carbonyl (C=O) groups is 4. The molecule has 99 heavy (non-hydrogen) atoms. The first-order valence-electron chi connectivity index (χ1n) is 31.5. The van der Waals surface area contributed by atoms with Crippen molar-refractivity contribution in [2.24, 2.45) is 0 Å². The lowest BCUT2D eigenvalue weighted by Crippen LogP contribution is -2.49. The largest absolute Gasteiger partial charge is 0.497 e. The fraction of sp³-hybridized carbons (Fsp3) is 0.263. The van der Waals surface area contributed by atoms with E-state index >= 15 is 0 Å². The summed E-state index contributed by atoms with van der Waals surface area (Å²) in [5.74, 6) is -15.2. The van der Waals surface area contributed by atoms with Crippen LogP contribution in [0, 0.1) is 29.1 Å². The molecule has 23 heteroatoms. The van der Waals surface area contributed by atoms with Crippen molar-refractivity contribution in [2.75, 3.05) is 54.9 Å². The van der Waals surface area contributed by atoms with Gasteiger partial charge in [0, 0.05) is 23.5 Å². The molecule has 9 aromatic rings. The zero-order chi connectivity index (χ0) is 71.1. The number of halogens is 5. The van der Waals surface area contributed by atoms with Crippen LogP contribution in [0.15, 0.2) is 194 Å². The van der Waals surface area contributed by atoms with Gasteiger partial charge >= 0.3 is 11.9 Å². The fourth-order valence-electron chi connectivity index (χ4n) is 10.7. The van der Waals surface area contributed by atoms with Crippen molar-refractivity contribution < 1.29 is 83.5 Å². The van der Waals surface area contributed by atoms with E-state index in [2.05, 4.69) is 59.2 Å². The molecule has 516 valence electrons. The molecule has 0 radical (unpaired) electrons. The second-order valence-electron chi connectivity index (χ2n) is 24.5. The van der Waals surface area contributed by atoms with Gasteiger partial charge in [0.2, 0.25) is 34.8 Å². The van der Waals surface area contributed by atoms with Crippen LogP contribution in [0.4, 0.5) is 22.0 Å². The van der Waals surface area contributed by atoms with E-state index in [4.69, 9.17) is 37.6 Å². The zero-order valence-corrected chi connectivity index (χ0v) is 57.0. The molecule has 2 aromatic heterocycles. The summed E-state index contributed by atoms with van der Waals surface area (Å²) in [5.41, 5.74) is 2.16. The Hall–Kier alpha value is -10.3. The third-order valence-electron chi connectivity index (χ3n) is 17.1. The summed E-state index contributed by atoms with van der Waals surface area (Å²) in [6.07, 6.45) is 1.08.